The van der Waals surface area contributed by atoms with Crippen molar-refractivity contribution in [1.82, 2.24) is 0 Å². The van der Waals surface area contributed by atoms with Crippen molar-refractivity contribution in [1.29, 1.82) is 0 Å². The maximum absolute atomic E-state index is 9.76. The van der Waals surface area contributed by atoms with E-state index < -0.39 is 11.9 Å². The molecule has 0 unspecified atom stereocenters. The molecule has 0 aromatic rings. The largest absolute Gasteiger partial charge is 0.545 e. The van der Waals surface area contributed by atoms with E-state index in [4.69, 9.17) is 0 Å². The van der Waals surface area contributed by atoms with Crippen molar-refractivity contribution in [3.05, 3.63) is 11.6 Å². The molecule has 17 heavy (non-hydrogen) atoms. The molecule has 0 heterocycles. The van der Waals surface area contributed by atoms with Crippen LogP contribution in [0.4, 0.5) is 0 Å². The Hall–Kier alpha value is -1.40. The number of aliphatic carboxylic acids is 2. The molecular formula is C11H24N2O4. The molecule has 0 fully saturated rings. The van der Waals surface area contributed by atoms with Gasteiger partial charge >= 0.3 is 0 Å². The monoisotopic (exact) mass is 248 g/mol. The summed E-state index contributed by atoms with van der Waals surface area (Å²) in [5, 5.41) is 19.4. The number of hydrogen-bond acceptors (Lipinski definition) is 4. The fourth-order valence-corrected chi connectivity index (χ4v) is 0.236. The molecule has 0 aliphatic carbocycles. The maximum atomic E-state index is 9.76. The summed E-state index contributed by atoms with van der Waals surface area (Å²) in [5.41, 5.74) is -0.352. The summed E-state index contributed by atoms with van der Waals surface area (Å²) in [6.45, 7) is 1.12. The average Bonchev–Trinajstić information content (AvgIpc) is 1.99. The van der Waals surface area contributed by atoms with Crippen molar-refractivity contribution in [2.75, 3.05) is 42.3 Å². The van der Waals surface area contributed by atoms with Gasteiger partial charge < -0.3 is 29.6 Å². The number of carboxylic acids is 2. The van der Waals surface area contributed by atoms with Gasteiger partial charge in [0.05, 0.1) is 54.2 Å². The van der Waals surface area contributed by atoms with Crippen LogP contribution in [0.1, 0.15) is 6.92 Å². The van der Waals surface area contributed by atoms with E-state index in [0.717, 1.165) is 6.92 Å². The van der Waals surface area contributed by atoms with E-state index in [1.165, 1.54) is 9.80 Å². The first-order valence-electron chi connectivity index (χ1n) is 5.14. The second-order valence-electron chi connectivity index (χ2n) is 4.43. The second-order valence-corrected chi connectivity index (χ2v) is 4.43. The van der Waals surface area contributed by atoms with Crippen molar-refractivity contribution in [3.63, 3.8) is 0 Å². The molecule has 102 valence electrons. The molecule has 0 radical (unpaired) electrons. The van der Waals surface area contributed by atoms with Gasteiger partial charge in [-0.05, 0) is 18.6 Å². The zero-order valence-corrected chi connectivity index (χ0v) is 11.7. The lowest BCUT2D eigenvalue weighted by Crippen LogP contribution is -3.02. The lowest BCUT2D eigenvalue weighted by Gasteiger charge is -2.00. The van der Waals surface area contributed by atoms with Gasteiger partial charge in [0, 0.05) is 0 Å². The Kier molecular flexibility index (Phi) is 15.6. The Labute approximate surface area is 103 Å². The van der Waals surface area contributed by atoms with Crippen LogP contribution in [0.15, 0.2) is 11.6 Å². The molecule has 0 aromatic heterocycles. The fourth-order valence-electron chi connectivity index (χ4n) is 0.236. The number of carboxylic acid groups (broad SMARTS) is 2. The third-order valence-corrected chi connectivity index (χ3v) is 0.656. The van der Waals surface area contributed by atoms with E-state index >= 15 is 0 Å². The summed E-state index contributed by atoms with van der Waals surface area (Å²) < 4.78 is 0. The van der Waals surface area contributed by atoms with Gasteiger partial charge in [-0.2, -0.15) is 0 Å². The van der Waals surface area contributed by atoms with Crippen LogP contribution in [0.5, 0.6) is 0 Å². The molecule has 0 amide bonds. The molecule has 0 spiro atoms. The lowest BCUT2D eigenvalue weighted by atomic mass is 10.3. The molecule has 0 aliphatic rings. The minimum atomic E-state index is -1.53. The van der Waals surface area contributed by atoms with Crippen molar-refractivity contribution >= 4 is 11.9 Å². The molecule has 0 aromatic carbocycles. The van der Waals surface area contributed by atoms with Crippen LogP contribution in [0.3, 0.4) is 0 Å². The quantitative estimate of drug-likeness (QED) is 0.479. The van der Waals surface area contributed by atoms with Crippen LogP contribution in [0.25, 0.3) is 0 Å². The Bertz CT molecular complexity index is 236. The molecule has 6 heteroatoms. The zero-order valence-electron chi connectivity index (χ0n) is 11.7. The van der Waals surface area contributed by atoms with Gasteiger partial charge in [0.15, 0.2) is 0 Å². The van der Waals surface area contributed by atoms with E-state index in [1.807, 2.05) is 0 Å². The van der Waals surface area contributed by atoms with Gasteiger partial charge in [-0.1, -0.05) is 0 Å². The number of carbonyl (C=O) groups excluding carboxylic acids is 2. The van der Waals surface area contributed by atoms with Crippen LogP contribution >= 0.6 is 0 Å². The molecule has 0 rings (SSSR count). The van der Waals surface area contributed by atoms with Gasteiger partial charge in [-0.15, -0.1) is 0 Å². The van der Waals surface area contributed by atoms with Gasteiger partial charge in [0.1, 0.15) is 0 Å². The third kappa shape index (κ3) is 53.2. The highest BCUT2D eigenvalue weighted by atomic mass is 16.4. The topological polar surface area (TPSA) is 89.1 Å². The van der Waals surface area contributed by atoms with Gasteiger partial charge in [0.25, 0.3) is 0 Å². The van der Waals surface area contributed by atoms with Crippen molar-refractivity contribution < 1.29 is 29.6 Å². The number of rotatable bonds is 2. The minimum Gasteiger partial charge on any atom is -0.545 e. The maximum Gasteiger partial charge on any atom is 0.0672 e. The normalized spacial score (nSPS) is 10.1. The second kappa shape index (κ2) is 12.7. The van der Waals surface area contributed by atoms with Crippen LogP contribution in [-0.2, 0) is 9.59 Å². The molecule has 6 nitrogen and oxygen atoms in total. The number of nitrogens with one attached hydrogen (secondary N) is 2. The third-order valence-electron chi connectivity index (χ3n) is 0.656. The number of carbonyl (C=O) groups is 2. The highest BCUT2D eigenvalue weighted by Gasteiger charge is 1.86. The highest BCUT2D eigenvalue weighted by Crippen LogP contribution is 1.86. The summed E-state index contributed by atoms with van der Waals surface area (Å²) in [6.07, 6.45) is 0.468. The zero-order chi connectivity index (χ0) is 14.6. The van der Waals surface area contributed by atoms with E-state index in [0.29, 0.717) is 6.08 Å². The Morgan fingerprint density at radius 1 is 0.882 bits per heavy atom. The Morgan fingerprint density at radius 3 is 1.18 bits per heavy atom. The van der Waals surface area contributed by atoms with Crippen molar-refractivity contribution in [3.8, 4) is 0 Å². The average molecular weight is 248 g/mol. The predicted octanol–water partition coefficient (Wildman–Crippen LogP) is -5.05. The van der Waals surface area contributed by atoms with Gasteiger partial charge in [-0.25, -0.2) is 0 Å². The van der Waals surface area contributed by atoms with Crippen molar-refractivity contribution in [2.45, 2.75) is 6.92 Å². The predicted molar refractivity (Wildman–Crippen MR) is 61.2 cm³/mol. The first kappa shape index (κ1) is 20.9. The van der Waals surface area contributed by atoms with E-state index in [-0.39, 0.29) is 5.57 Å². The highest BCUT2D eigenvalue weighted by molar-refractivity contribution is 5.92. The van der Waals surface area contributed by atoms with Crippen LogP contribution in [-0.4, -0.2) is 54.2 Å². The van der Waals surface area contributed by atoms with Crippen molar-refractivity contribution in [2.24, 2.45) is 0 Å². The van der Waals surface area contributed by atoms with E-state index in [1.54, 1.807) is 0 Å². The number of hydrogen-bond donors (Lipinski definition) is 2. The fraction of sp³-hybridized carbons (Fsp3) is 0.636. The summed E-state index contributed by atoms with van der Waals surface area (Å²) in [7, 11) is 12.5. The summed E-state index contributed by atoms with van der Waals surface area (Å²) >= 11 is 0. The molecule has 0 bridgehead atoms. The van der Waals surface area contributed by atoms with Crippen LogP contribution in [0.2, 0.25) is 0 Å². The minimum absolute atomic E-state index is 0.352. The molecular weight excluding hydrogens is 224 g/mol. The molecule has 0 aliphatic heterocycles. The first-order chi connectivity index (χ1) is 7.50. The Balaban J connectivity index is -0.000000205. The molecule has 0 saturated carbocycles. The first-order valence-corrected chi connectivity index (χ1v) is 5.14. The SMILES string of the molecule is C/C(=C\C(=O)[O-])C(=O)[O-].C[NH+](C)C.C[NH+](C)C. The van der Waals surface area contributed by atoms with Gasteiger partial charge in [0.2, 0.25) is 0 Å². The van der Waals surface area contributed by atoms with E-state index in [9.17, 15) is 19.8 Å². The lowest BCUT2D eigenvalue weighted by molar-refractivity contribution is -0.836. The van der Waals surface area contributed by atoms with E-state index in [2.05, 4.69) is 42.3 Å². The van der Waals surface area contributed by atoms with Gasteiger partial charge in [-0.3, -0.25) is 0 Å². The molecule has 0 saturated heterocycles. The number of quaternary nitrogens is 2. The summed E-state index contributed by atoms with van der Waals surface area (Å²) in [6, 6.07) is 0. The standard InChI is InChI=1S/C5H6O4.2C3H9N/c1-3(5(8)9)2-4(6)7;2*1-4(2)3/h2H,1H3,(H,6,7)(H,8,9);2*1-3H3/b3-2+;;. The van der Waals surface area contributed by atoms with Crippen LogP contribution in [0, 0.1) is 0 Å². The molecule has 2 N–H and O–H groups in total. The van der Waals surface area contributed by atoms with Crippen LogP contribution < -0.4 is 20.0 Å². The molecule has 0 atom stereocenters. The Morgan fingerprint density at radius 2 is 1.12 bits per heavy atom. The summed E-state index contributed by atoms with van der Waals surface area (Å²) in [5.74, 6) is -3.03. The smallest absolute Gasteiger partial charge is 0.0672 e. The summed E-state index contributed by atoms with van der Waals surface area (Å²) in [4.78, 5) is 22.2.